The fraction of sp³-hybridized carbons (Fsp3) is 0.381. The molecule has 28 heavy (non-hydrogen) atoms. The molecule has 1 aliphatic rings. The quantitative estimate of drug-likeness (QED) is 0.693. The molecule has 1 heterocycles. The van der Waals surface area contributed by atoms with Gasteiger partial charge in [0.1, 0.15) is 5.82 Å². The molecule has 2 aromatic carbocycles. The molecular formula is C21H24BrFN2O3. The molecule has 1 saturated heterocycles. The van der Waals surface area contributed by atoms with Crippen molar-refractivity contribution in [3.63, 3.8) is 0 Å². The van der Waals surface area contributed by atoms with Gasteiger partial charge in [-0.3, -0.25) is 9.69 Å². The van der Waals surface area contributed by atoms with Crippen molar-refractivity contribution in [2.75, 3.05) is 27.3 Å². The van der Waals surface area contributed by atoms with Gasteiger partial charge in [0.2, 0.25) is 0 Å². The average Bonchev–Trinajstić information content (AvgIpc) is 3.14. The van der Waals surface area contributed by atoms with Crippen LogP contribution in [0.4, 0.5) is 4.39 Å². The number of amides is 1. The minimum absolute atomic E-state index is 0.204. The summed E-state index contributed by atoms with van der Waals surface area (Å²) >= 11 is 3.40. The smallest absolute Gasteiger partial charge is 0.255 e. The van der Waals surface area contributed by atoms with Gasteiger partial charge in [0.05, 0.1) is 19.8 Å². The SMILES string of the molecule is COc1cc(Br)cc(C(=O)NCC2CCCN2Cc2ccc([18F])cc2)c1OC. The second kappa shape index (κ2) is 9.39. The van der Waals surface area contributed by atoms with Crippen molar-refractivity contribution < 1.29 is 18.7 Å². The van der Waals surface area contributed by atoms with E-state index in [1.54, 1.807) is 12.1 Å². The number of halogens is 2. The monoisotopic (exact) mass is 449 g/mol. The van der Waals surface area contributed by atoms with Gasteiger partial charge >= 0.3 is 0 Å². The largest absolute Gasteiger partial charge is 0.493 e. The summed E-state index contributed by atoms with van der Waals surface area (Å²) in [5, 5.41) is 3.02. The van der Waals surface area contributed by atoms with Gasteiger partial charge in [0, 0.05) is 23.6 Å². The van der Waals surface area contributed by atoms with E-state index in [2.05, 4.69) is 26.1 Å². The Morgan fingerprint density at radius 3 is 2.68 bits per heavy atom. The number of hydrogen-bond acceptors (Lipinski definition) is 4. The third kappa shape index (κ3) is 4.83. The molecule has 1 amide bonds. The maximum absolute atomic E-state index is 13.1. The van der Waals surface area contributed by atoms with Crippen LogP contribution in [0.1, 0.15) is 28.8 Å². The van der Waals surface area contributed by atoms with Gasteiger partial charge in [0.25, 0.3) is 5.91 Å². The van der Waals surface area contributed by atoms with Crippen molar-refractivity contribution in [1.82, 2.24) is 10.2 Å². The van der Waals surface area contributed by atoms with Crippen LogP contribution in [0, 0.1) is 5.82 Å². The molecule has 7 heteroatoms. The molecule has 0 bridgehead atoms. The summed E-state index contributed by atoms with van der Waals surface area (Å²) in [7, 11) is 3.06. The zero-order valence-corrected chi connectivity index (χ0v) is 17.6. The molecule has 0 spiro atoms. The van der Waals surface area contributed by atoms with Crippen molar-refractivity contribution in [2.45, 2.75) is 25.4 Å². The molecule has 0 aromatic heterocycles. The van der Waals surface area contributed by atoms with Crippen LogP contribution in [0.15, 0.2) is 40.9 Å². The lowest BCUT2D eigenvalue weighted by atomic mass is 10.1. The average molecular weight is 450 g/mol. The van der Waals surface area contributed by atoms with E-state index in [9.17, 15) is 9.18 Å². The Hall–Kier alpha value is -2.12. The van der Waals surface area contributed by atoms with Crippen molar-refractivity contribution in [3.05, 3.63) is 57.8 Å². The molecule has 1 fully saturated rings. The molecule has 0 radical (unpaired) electrons. The third-order valence-corrected chi connectivity index (χ3v) is 5.44. The summed E-state index contributed by atoms with van der Waals surface area (Å²) in [6.07, 6.45) is 2.09. The molecule has 150 valence electrons. The molecule has 0 saturated carbocycles. The van der Waals surface area contributed by atoms with Crippen LogP contribution in [0.2, 0.25) is 0 Å². The van der Waals surface area contributed by atoms with Gasteiger partial charge in [-0.25, -0.2) is 4.39 Å². The molecule has 2 aromatic rings. The second-order valence-electron chi connectivity index (χ2n) is 6.79. The Morgan fingerprint density at radius 2 is 2.00 bits per heavy atom. The van der Waals surface area contributed by atoms with E-state index in [0.717, 1.165) is 36.0 Å². The van der Waals surface area contributed by atoms with E-state index < -0.39 is 0 Å². The maximum atomic E-state index is 13.1. The lowest BCUT2D eigenvalue weighted by Crippen LogP contribution is -2.39. The van der Waals surface area contributed by atoms with E-state index >= 15 is 0 Å². The van der Waals surface area contributed by atoms with Gasteiger partial charge in [-0.05, 0) is 49.2 Å². The summed E-state index contributed by atoms with van der Waals surface area (Å²) in [4.78, 5) is 15.1. The number of hydrogen-bond donors (Lipinski definition) is 1. The zero-order chi connectivity index (χ0) is 20.1. The first-order valence-corrected chi connectivity index (χ1v) is 9.99. The number of nitrogens with one attached hydrogen (secondary N) is 1. The maximum Gasteiger partial charge on any atom is 0.255 e. The van der Waals surface area contributed by atoms with Crippen LogP contribution in [-0.4, -0.2) is 44.2 Å². The normalized spacial score (nSPS) is 16.8. The molecule has 5 nitrogen and oxygen atoms in total. The first-order valence-electron chi connectivity index (χ1n) is 9.20. The standard InChI is InChI=1S/C21H24BrFN2O3/c1-27-19-11-15(22)10-18(20(19)28-2)21(26)24-12-17-4-3-9-25(17)13-14-5-7-16(23)8-6-14/h5-8,10-11,17H,3-4,9,12-13H2,1-2H3,(H,24,26)/i23-1. The molecule has 1 unspecified atom stereocenters. The van der Waals surface area contributed by atoms with Crippen LogP contribution in [0.5, 0.6) is 11.5 Å². The van der Waals surface area contributed by atoms with E-state index in [1.807, 2.05) is 12.1 Å². The van der Waals surface area contributed by atoms with E-state index in [0.29, 0.717) is 23.6 Å². The molecule has 3 rings (SSSR count). The van der Waals surface area contributed by atoms with Crippen molar-refractivity contribution >= 4 is 21.8 Å². The number of methoxy groups -OCH3 is 2. The number of nitrogens with zero attached hydrogens (tertiary/aromatic N) is 1. The predicted molar refractivity (Wildman–Crippen MR) is 109 cm³/mol. The van der Waals surface area contributed by atoms with Crippen LogP contribution >= 0.6 is 15.9 Å². The molecule has 0 aliphatic carbocycles. The molecule has 1 atom stereocenters. The highest BCUT2D eigenvalue weighted by Gasteiger charge is 2.26. The Bertz CT molecular complexity index is 829. The van der Waals surface area contributed by atoms with E-state index in [1.165, 1.54) is 26.4 Å². The topological polar surface area (TPSA) is 50.8 Å². The summed E-state index contributed by atoms with van der Waals surface area (Å²) < 4.78 is 24.5. The van der Waals surface area contributed by atoms with Crippen molar-refractivity contribution in [1.29, 1.82) is 0 Å². The van der Waals surface area contributed by atoms with E-state index in [4.69, 9.17) is 9.47 Å². The summed E-state index contributed by atoms with van der Waals surface area (Å²) in [6.45, 7) is 2.25. The van der Waals surface area contributed by atoms with Crippen LogP contribution < -0.4 is 14.8 Å². The van der Waals surface area contributed by atoms with E-state index in [-0.39, 0.29) is 17.8 Å². The predicted octanol–water partition coefficient (Wildman–Crippen LogP) is 4.00. The van der Waals surface area contributed by atoms with Crippen LogP contribution in [0.25, 0.3) is 0 Å². The minimum atomic E-state index is -0.229. The summed E-state index contributed by atoms with van der Waals surface area (Å²) in [6, 6.07) is 10.3. The van der Waals surface area contributed by atoms with Gasteiger partial charge in [0.15, 0.2) is 11.5 Å². The van der Waals surface area contributed by atoms with Crippen LogP contribution in [0.3, 0.4) is 0 Å². The Balaban J connectivity index is 1.65. The van der Waals surface area contributed by atoms with Gasteiger partial charge < -0.3 is 14.8 Å². The Morgan fingerprint density at radius 1 is 1.25 bits per heavy atom. The molecule has 1 N–H and O–H groups in total. The molecular weight excluding hydrogens is 426 g/mol. The van der Waals surface area contributed by atoms with Crippen molar-refractivity contribution in [2.24, 2.45) is 0 Å². The Kier molecular flexibility index (Phi) is 6.91. The number of rotatable bonds is 7. The van der Waals surface area contributed by atoms with Gasteiger partial charge in [-0.2, -0.15) is 0 Å². The molecule has 1 aliphatic heterocycles. The first-order chi connectivity index (χ1) is 13.5. The lowest BCUT2D eigenvalue weighted by molar-refractivity contribution is 0.0936. The van der Waals surface area contributed by atoms with Gasteiger partial charge in [-0.1, -0.05) is 28.1 Å². The lowest BCUT2D eigenvalue weighted by Gasteiger charge is -2.25. The fourth-order valence-electron chi connectivity index (χ4n) is 3.56. The summed E-state index contributed by atoms with van der Waals surface area (Å²) in [5.74, 6) is 0.482. The summed E-state index contributed by atoms with van der Waals surface area (Å²) in [5.41, 5.74) is 1.50. The van der Waals surface area contributed by atoms with Crippen molar-refractivity contribution in [3.8, 4) is 11.5 Å². The fourth-order valence-corrected chi connectivity index (χ4v) is 4.00. The number of carbonyl (C=O) groups is 1. The Labute approximate surface area is 172 Å². The third-order valence-electron chi connectivity index (χ3n) is 4.98. The minimum Gasteiger partial charge on any atom is -0.493 e. The number of carbonyl (C=O) groups excluding carboxylic acids is 1. The van der Waals surface area contributed by atoms with Crippen LogP contribution in [-0.2, 0) is 6.54 Å². The zero-order valence-electron chi connectivity index (χ0n) is 16.0. The highest BCUT2D eigenvalue weighted by atomic mass is 79.9. The number of ether oxygens (including phenoxy) is 2. The second-order valence-corrected chi connectivity index (χ2v) is 7.71. The first kappa shape index (κ1) is 20.6. The number of likely N-dealkylation sites (tertiary alicyclic amines) is 1. The number of benzene rings is 2. The van der Waals surface area contributed by atoms with Gasteiger partial charge in [-0.15, -0.1) is 0 Å². The highest BCUT2D eigenvalue weighted by molar-refractivity contribution is 9.10. The highest BCUT2D eigenvalue weighted by Crippen LogP contribution is 2.34.